The van der Waals surface area contributed by atoms with Gasteiger partial charge in [0.05, 0.1) is 17.6 Å². The molecule has 0 aliphatic carbocycles. The summed E-state index contributed by atoms with van der Waals surface area (Å²) in [7, 11) is 1.81. The molecule has 1 aromatic rings. The number of ether oxygens (including phenoxy) is 1. The molecule has 1 aliphatic rings. The summed E-state index contributed by atoms with van der Waals surface area (Å²) in [4.78, 5) is 20.1. The Morgan fingerprint density at radius 1 is 1.41 bits per heavy atom. The second-order valence-electron chi connectivity index (χ2n) is 6.74. The zero-order valence-corrected chi connectivity index (χ0v) is 13.9. The third kappa shape index (κ3) is 4.02. The van der Waals surface area contributed by atoms with Crippen LogP contribution in [0.25, 0.3) is 0 Å². The lowest BCUT2D eigenvalue weighted by molar-refractivity contribution is 0.0201. The number of rotatable bonds is 2. The Kier molecular flexibility index (Phi) is 4.78. The van der Waals surface area contributed by atoms with Gasteiger partial charge >= 0.3 is 6.09 Å². The molecule has 0 spiro atoms. The molecule has 22 heavy (non-hydrogen) atoms. The van der Waals surface area contributed by atoms with Crippen LogP contribution in [-0.4, -0.2) is 47.8 Å². The molecule has 2 heterocycles. The summed E-state index contributed by atoms with van der Waals surface area (Å²) >= 11 is 0. The molecule has 0 atom stereocenters. The minimum atomic E-state index is -0.461. The number of nitrogens with zero attached hydrogens (tertiary/aromatic N) is 3. The lowest BCUT2D eigenvalue weighted by atomic mass is 10.0. The Balaban J connectivity index is 1.92. The molecule has 6 nitrogen and oxygen atoms in total. The minimum Gasteiger partial charge on any atom is -0.444 e. The van der Waals surface area contributed by atoms with Crippen molar-refractivity contribution >= 4 is 17.5 Å². The highest BCUT2D eigenvalue weighted by Crippen LogP contribution is 2.26. The van der Waals surface area contributed by atoms with E-state index in [1.807, 2.05) is 33.9 Å². The molecular weight excluding hydrogens is 280 g/mol. The van der Waals surface area contributed by atoms with Gasteiger partial charge in [-0.05, 0) is 39.7 Å². The molecule has 1 amide bonds. The van der Waals surface area contributed by atoms with Gasteiger partial charge in [0.15, 0.2) is 0 Å². The predicted molar refractivity (Wildman–Crippen MR) is 87.9 cm³/mol. The molecule has 0 aromatic carbocycles. The first-order chi connectivity index (χ1) is 10.3. The van der Waals surface area contributed by atoms with Crippen molar-refractivity contribution < 1.29 is 9.53 Å². The van der Waals surface area contributed by atoms with Gasteiger partial charge in [0, 0.05) is 32.4 Å². The molecule has 0 unspecified atom stereocenters. The normalized spacial score (nSPS) is 16.5. The number of aromatic nitrogens is 1. The van der Waals surface area contributed by atoms with E-state index in [9.17, 15) is 4.79 Å². The average molecular weight is 306 g/mol. The summed E-state index contributed by atoms with van der Waals surface area (Å²) in [6.07, 6.45) is 4.97. The van der Waals surface area contributed by atoms with Crippen LogP contribution in [0, 0.1) is 0 Å². The summed E-state index contributed by atoms with van der Waals surface area (Å²) in [6, 6.07) is 2.14. The number of hydrogen-bond acceptors (Lipinski definition) is 5. The van der Waals surface area contributed by atoms with Crippen molar-refractivity contribution in [2.75, 3.05) is 30.8 Å². The van der Waals surface area contributed by atoms with Crippen molar-refractivity contribution in [1.29, 1.82) is 0 Å². The van der Waals surface area contributed by atoms with E-state index in [2.05, 4.69) is 9.88 Å². The van der Waals surface area contributed by atoms with Crippen LogP contribution in [0.2, 0.25) is 0 Å². The molecule has 2 N–H and O–H groups in total. The summed E-state index contributed by atoms with van der Waals surface area (Å²) in [5.41, 5.74) is 7.23. The lowest BCUT2D eigenvalue weighted by Crippen LogP contribution is -2.47. The van der Waals surface area contributed by atoms with Gasteiger partial charge in [-0.3, -0.25) is 4.98 Å². The van der Waals surface area contributed by atoms with Gasteiger partial charge in [-0.1, -0.05) is 0 Å². The molecule has 0 radical (unpaired) electrons. The van der Waals surface area contributed by atoms with E-state index in [1.54, 1.807) is 17.3 Å². The zero-order valence-electron chi connectivity index (χ0n) is 13.9. The Morgan fingerprint density at radius 2 is 2.05 bits per heavy atom. The van der Waals surface area contributed by atoms with Gasteiger partial charge < -0.3 is 20.3 Å². The SMILES string of the molecule is CN(C(=O)OC(C)(C)C)C1CCN(c2ccncc2N)CC1. The van der Waals surface area contributed by atoms with E-state index in [-0.39, 0.29) is 12.1 Å². The minimum absolute atomic E-state index is 0.203. The second kappa shape index (κ2) is 6.42. The number of carbonyl (C=O) groups is 1. The molecule has 1 aromatic heterocycles. The molecule has 0 bridgehead atoms. The maximum atomic E-state index is 12.1. The maximum Gasteiger partial charge on any atom is 0.410 e. The highest BCUT2D eigenvalue weighted by molar-refractivity contribution is 5.68. The number of pyridine rings is 1. The zero-order chi connectivity index (χ0) is 16.3. The van der Waals surface area contributed by atoms with Gasteiger partial charge in [-0.25, -0.2) is 4.79 Å². The first-order valence-corrected chi connectivity index (χ1v) is 7.68. The predicted octanol–water partition coefficient (Wildman–Crippen LogP) is 2.50. The molecular formula is C16H26N4O2. The molecule has 1 aliphatic heterocycles. The lowest BCUT2D eigenvalue weighted by Gasteiger charge is -2.38. The number of amides is 1. The molecule has 6 heteroatoms. The highest BCUT2D eigenvalue weighted by Gasteiger charge is 2.28. The summed E-state index contributed by atoms with van der Waals surface area (Å²) in [6.45, 7) is 7.38. The summed E-state index contributed by atoms with van der Waals surface area (Å²) in [5.74, 6) is 0. The summed E-state index contributed by atoms with van der Waals surface area (Å²) < 4.78 is 5.43. The first-order valence-electron chi connectivity index (χ1n) is 7.68. The molecule has 0 saturated carbocycles. The largest absolute Gasteiger partial charge is 0.444 e. The quantitative estimate of drug-likeness (QED) is 0.909. The van der Waals surface area contributed by atoms with E-state index in [4.69, 9.17) is 10.5 Å². The van der Waals surface area contributed by atoms with E-state index in [0.29, 0.717) is 5.69 Å². The van der Waals surface area contributed by atoms with Crippen molar-refractivity contribution in [1.82, 2.24) is 9.88 Å². The van der Waals surface area contributed by atoms with Gasteiger partial charge in [-0.15, -0.1) is 0 Å². The Bertz CT molecular complexity index is 519. The van der Waals surface area contributed by atoms with E-state index in [0.717, 1.165) is 31.6 Å². The molecule has 2 rings (SSSR count). The van der Waals surface area contributed by atoms with E-state index >= 15 is 0 Å². The van der Waals surface area contributed by atoms with E-state index in [1.165, 1.54) is 0 Å². The highest BCUT2D eigenvalue weighted by atomic mass is 16.6. The monoisotopic (exact) mass is 306 g/mol. The fourth-order valence-corrected chi connectivity index (χ4v) is 2.66. The van der Waals surface area contributed by atoms with Crippen molar-refractivity contribution in [2.45, 2.75) is 45.3 Å². The number of anilines is 2. The van der Waals surface area contributed by atoms with Crippen LogP contribution < -0.4 is 10.6 Å². The topological polar surface area (TPSA) is 71.7 Å². The third-order valence-corrected chi connectivity index (χ3v) is 3.86. The van der Waals surface area contributed by atoms with Crippen LogP contribution in [0.3, 0.4) is 0 Å². The Hall–Kier alpha value is -1.98. The van der Waals surface area contributed by atoms with Gasteiger partial charge in [0.2, 0.25) is 0 Å². The van der Waals surface area contributed by atoms with Crippen molar-refractivity contribution in [2.24, 2.45) is 0 Å². The number of nitrogens with two attached hydrogens (primary N) is 1. The number of carbonyl (C=O) groups excluding carboxylic acids is 1. The standard InChI is InChI=1S/C16H26N4O2/c1-16(2,3)22-15(21)19(4)12-6-9-20(10-7-12)14-5-8-18-11-13(14)17/h5,8,11-12H,6-7,9-10,17H2,1-4H3. The molecule has 1 fully saturated rings. The number of nitrogen functional groups attached to an aromatic ring is 1. The first kappa shape index (κ1) is 16.4. The average Bonchev–Trinajstić information content (AvgIpc) is 2.45. The third-order valence-electron chi connectivity index (χ3n) is 3.86. The van der Waals surface area contributed by atoms with Crippen LogP contribution in [0.5, 0.6) is 0 Å². The van der Waals surface area contributed by atoms with Crippen LogP contribution in [0.15, 0.2) is 18.5 Å². The van der Waals surface area contributed by atoms with Gasteiger partial charge in [0.25, 0.3) is 0 Å². The van der Waals surface area contributed by atoms with E-state index < -0.39 is 5.60 Å². The van der Waals surface area contributed by atoms with Gasteiger partial charge in [-0.2, -0.15) is 0 Å². The van der Waals surface area contributed by atoms with Crippen molar-refractivity contribution in [3.05, 3.63) is 18.5 Å². The number of piperidine rings is 1. The smallest absolute Gasteiger partial charge is 0.410 e. The Morgan fingerprint density at radius 3 is 2.59 bits per heavy atom. The van der Waals surface area contributed by atoms with Crippen LogP contribution in [-0.2, 0) is 4.74 Å². The Labute approximate surface area is 132 Å². The molecule has 1 saturated heterocycles. The number of hydrogen-bond donors (Lipinski definition) is 1. The van der Waals surface area contributed by atoms with Crippen LogP contribution in [0.1, 0.15) is 33.6 Å². The van der Waals surface area contributed by atoms with Crippen LogP contribution >= 0.6 is 0 Å². The fourth-order valence-electron chi connectivity index (χ4n) is 2.66. The van der Waals surface area contributed by atoms with Gasteiger partial charge in [0.1, 0.15) is 5.60 Å². The van der Waals surface area contributed by atoms with Crippen molar-refractivity contribution in [3.8, 4) is 0 Å². The van der Waals surface area contributed by atoms with Crippen molar-refractivity contribution in [3.63, 3.8) is 0 Å². The van der Waals surface area contributed by atoms with Crippen LogP contribution in [0.4, 0.5) is 16.2 Å². The summed E-state index contributed by atoms with van der Waals surface area (Å²) in [5, 5.41) is 0. The fraction of sp³-hybridized carbons (Fsp3) is 0.625. The maximum absolute atomic E-state index is 12.1. The molecule has 122 valence electrons. The second-order valence-corrected chi connectivity index (χ2v) is 6.74.